The van der Waals surface area contributed by atoms with Crippen LogP contribution in [0.1, 0.15) is 5.56 Å². The fraction of sp³-hybridized carbons (Fsp3) is 0.111. The van der Waals surface area contributed by atoms with Gasteiger partial charge in [-0.3, -0.25) is 0 Å². The summed E-state index contributed by atoms with van der Waals surface area (Å²) in [6, 6.07) is 8.38. The highest BCUT2D eigenvalue weighted by Crippen LogP contribution is 2.19. The molecule has 0 amide bonds. The lowest BCUT2D eigenvalue weighted by molar-refractivity contribution is 1.29. The fourth-order valence-electron chi connectivity index (χ4n) is 1.53. The molecule has 0 atom stereocenters. The number of benzene rings is 1. The molecule has 0 aliphatic rings. The topological polar surface area (TPSA) is 4.93 Å². The van der Waals surface area contributed by atoms with Gasteiger partial charge in [0.2, 0.25) is 8.99 Å². The van der Waals surface area contributed by atoms with Crippen molar-refractivity contribution in [2.24, 2.45) is 0 Å². The Bertz CT molecular complexity index is 408. The number of hydrogen-bond acceptors (Lipinski definition) is 0. The van der Waals surface area contributed by atoms with Gasteiger partial charge in [-0.15, -0.1) is 11.1 Å². The van der Waals surface area contributed by atoms with Crippen LogP contribution in [-0.2, 0) is 0 Å². The van der Waals surface area contributed by atoms with Crippen molar-refractivity contribution in [3.8, 4) is 0 Å². The van der Waals surface area contributed by atoms with E-state index in [1.165, 1.54) is 16.5 Å². The van der Waals surface area contributed by atoms with Crippen LogP contribution >= 0.6 is 11.1 Å². The molecule has 1 heterocycles. The summed E-state index contributed by atoms with van der Waals surface area (Å²) in [7, 11) is -0.621. The zero-order valence-electron chi connectivity index (χ0n) is 6.92. The van der Waals surface area contributed by atoms with Crippen LogP contribution in [0.5, 0.6) is 0 Å². The predicted octanol–water partition coefficient (Wildman–Crippen LogP) is 2.04. The SMILES string of the molecule is Cc1cn([SiH2]Cl)c2ccccc12. The Morgan fingerprint density at radius 3 is 2.83 bits per heavy atom. The van der Waals surface area contributed by atoms with Crippen molar-refractivity contribution in [3.63, 3.8) is 0 Å². The van der Waals surface area contributed by atoms with E-state index >= 15 is 0 Å². The van der Waals surface area contributed by atoms with E-state index in [2.05, 4.69) is 41.6 Å². The fourth-order valence-corrected chi connectivity index (χ4v) is 2.87. The summed E-state index contributed by atoms with van der Waals surface area (Å²) >= 11 is 5.92. The molecule has 0 aliphatic carbocycles. The van der Waals surface area contributed by atoms with E-state index in [0.717, 1.165) is 0 Å². The van der Waals surface area contributed by atoms with Gasteiger partial charge in [-0.1, -0.05) is 18.2 Å². The van der Waals surface area contributed by atoms with Crippen molar-refractivity contribution in [2.45, 2.75) is 6.92 Å². The minimum Gasteiger partial charge on any atom is -0.365 e. The van der Waals surface area contributed by atoms with E-state index in [0.29, 0.717) is 0 Å². The van der Waals surface area contributed by atoms with E-state index in [1.54, 1.807) is 0 Å². The Balaban J connectivity index is 2.82. The van der Waals surface area contributed by atoms with Crippen LogP contribution < -0.4 is 0 Å². The van der Waals surface area contributed by atoms with Gasteiger partial charge in [0.1, 0.15) is 0 Å². The first-order valence-electron chi connectivity index (χ1n) is 3.93. The summed E-state index contributed by atoms with van der Waals surface area (Å²) in [6.07, 6.45) is 2.14. The Hall–Kier alpha value is -0.733. The molecule has 62 valence electrons. The Morgan fingerprint density at radius 1 is 1.33 bits per heavy atom. The molecular formula is C9H10ClNSi. The number of halogens is 1. The average molecular weight is 196 g/mol. The van der Waals surface area contributed by atoms with Crippen molar-refractivity contribution in [3.05, 3.63) is 36.0 Å². The molecule has 0 bridgehead atoms. The predicted molar refractivity (Wildman–Crippen MR) is 56.5 cm³/mol. The first kappa shape index (κ1) is 7.89. The lowest BCUT2D eigenvalue weighted by atomic mass is 10.2. The van der Waals surface area contributed by atoms with E-state index in [-0.39, 0.29) is 0 Å². The van der Waals surface area contributed by atoms with Crippen molar-refractivity contribution in [1.82, 2.24) is 4.23 Å². The van der Waals surface area contributed by atoms with E-state index < -0.39 is 8.99 Å². The van der Waals surface area contributed by atoms with Crippen molar-refractivity contribution >= 4 is 31.0 Å². The zero-order valence-corrected chi connectivity index (χ0v) is 9.09. The first-order valence-corrected chi connectivity index (χ1v) is 6.70. The third-order valence-electron chi connectivity index (χ3n) is 2.12. The summed E-state index contributed by atoms with van der Waals surface area (Å²) in [6.45, 7) is 2.12. The van der Waals surface area contributed by atoms with Gasteiger partial charge < -0.3 is 4.23 Å². The van der Waals surface area contributed by atoms with Crippen LogP contribution in [0.2, 0.25) is 0 Å². The van der Waals surface area contributed by atoms with Crippen LogP contribution in [0, 0.1) is 6.92 Å². The van der Waals surface area contributed by atoms with Gasteiger partial charge in [-0.25, -0.2) is 0 Å². The van der Waals surface area contributed by atoms with E-state index in [1.807, 2.05) is 0 Å². The average Bonchev–Trinajstić information content (AvgIpc) is 2.44. The lowest BCUT2D eigenvalue weighted by Gasteiger charge is -1.96. The van der Waals surface area contributed by atoms with Crippen molar-refractivity contribution in [2.75, 3.05) is 0 Å². The summed E-state index contributed by atoms with van der Waals surface area (Å²) in [4.78, 5) is 0. The molecule has 0 spiro atoms. The van der Waals surface area contributed by atoms with Crippen molar-refractivity contribution in [1.29, 1.82) is 0 Å². The molecular weight excluding hydrogens is 186 g/mol. The second kappa shape index (κ2) is 2.96. The van der Waals surface area contributed by atoms with Gasteiger partial charge in [0.15, 0.2) is 0 Å². The van der Waals surface area contributed by atoms with Gasteiger partial charge >= 0.3 is 0 Å². The summed E-state index contributed by atoms with van der Waals surface area (Å²) in [5.41, 5.74) is 2.59. The van der Waals surface area contributed by atoms with E-state index in [4.69, 9.17) is 11.1 Å². The maximum Gasteiger partial charge on any atom is 0.228 e. The van der Waals surface area contributed by atoms with Crippen molar-refractivity contribution < 1.29 is 0 Å². The van der Waals surface area contributed by atoms with Gasteiger partial charge in [0.05, 0.1) is 0 Å². The summed E-state index contributed by atoms with van der Waals surface area (Å²) in [5.74, 6) is 0. The molecule has 0 radical (unpaired) electrons. The second-order valence-electron chi connectivity index (χ2n) is 2.92. The minimum absolute atomic E-state index is 0.621. The van der Waals surface area contributed by atoms with Crippen LogP contribution in [0.15, 0.2) is 30.5 Å². The Kier molecular flexibility index (Phi) is 1.94. The molecule has 0 saturated heterocycles. The van der Waals surface area contributed by atoms with Gasteiger partial charge in [-0.2, -0.15) is 0 Å². The molecule has 0 saturated carbocycles. The molecule has 3 heteroatoms. The number of hydrogen-bond donors (Lipinski definition) is 0. The number of aryl methyl sites for hydroxylation is 1. The highest BCUT2D eigenvalue weighted by Gasteiger charge is 2.01. The number of para-hydroxylation sites is 1. The molecule has 0 aliphatic heterocycles. The number of aromatic nitrogens is 1. The highest BCUT2D eigenvalue weighted by atomic mass is 35.6. The molecule has 0 fully saturated rings. The minimum atomic E-state index is -0.621. The summed E-state index contributed by atoms with van der Waals surface area (Å²) < 4.78 is 2.19. The maximum absolute atomic E-state index is 5.92. The molecule has 12 heavy (non-hydrogen) atoms. The number of nitrogens with zero attached hydrogens (tertiary/aromatic N) is 1. The normalized spacial score (nSPS) is 11.8. The molecule has 1 aromatic heterocycles. The Labute approximate surface area is 78.6 Å². The maximum atomic E-state index is 5.92. The first-order chi connectivity index (χ1) is 5.83. The molecule has 0 N–H and O–H groups in total. The van der Waals surface area contributed by atoms with Crippen LogP contribution in [0.3, 0.4) is 0 Å². The Morgan fingerprint density at radius 2 is 2.08 bits per heavy atom. The van der Waals surface area contributed by atoms with Crippen LogP contribution in [-0.4, -0.2) is 13.2 Å². The van der Waals surface area contributed by atoms with Crippen LogP contribution in [0.4, 0.5) is 0 Å². The summed E-state index contributed by atoms with van der Waals surface area (Å²) in [5, 5.41) is 1.32. The second-order valence-corrected chi connectivity index (χ2v) is 4.56. The van der Waals surface area contributed by atoms with Gasteiger partial charge in [0, 0.05) is 10.9 Å². The standard InChI is InChI=1S/C9H10ClNSi/c1-7-6-11(12-10)9-5-3-2-4-8(7)9/h2-6H,12H2,1H3. The quantitative estimate of drug-likeness (QED) is 0.485. The third-order valence-corrected chi connectivity index (χ3v) is 3.67. The lowest BCUT2D eigenvalue weighted by Crippen LogP contribution is -1.95. The zero-order chi connectivity index (χ0) is 8.55. The smallest absolute Gasteiger partial charge is 0.228 e. The number of fused-ring (bicyclic) bond motifs is 1. The molecule has 2 aromatic rings. The largest absolute Gasteiger partial charge is 0.365 e. The molecule has 0 unspecified atom stereocenters. The monoisotopic (exact) mass is 195 g/mol. The van der Waals surface area contributed by atoms with Crippen LogP contribution in [0.25, 0.3) is 10.9 Å². The van der Waals surface area contributed by atoms with E-state index in [9.17, 15) is 0 Å². The van der Waals surface area contributed by atoms with Gasteiger partial charge in [-0.05, 0) is 24.8 Å². The van der Waals surface area contributed by atoms with Gasteiger partial charge in [0.25, 0.3) is 0 Å². The third kappa shape index (κ3) is 1.08. The molecule has 2 rings (SSSR count). The number of rotatable bonds is 1. The molecule has 1 nitrogen and oxygen atoms in total. The highest BCUT2D eigenvalue weighted by molar-refractivity contribution is 6.93. The molecule has 1 aromatic carbocycles.